The van der Waals surface area contributed by atoms with E-state index in [1.54, 1.807) is 0 Å². The second kappa shape index (κ2) is 4.73. The van der Waals surface area contributed by atoms with Gasteiger partial charge in [-0.3, -0.25) is 0 Å². The zero-order valence-electron chi connectivity index (χ0n) is 7.65. The van der Waals surface area contributed by atoms with E-state index in [1.807, 2.05) is 25.2 Å². The minimum absolute atomic E-state index is 1.15. The summed E-state index contributed by atoms with van der Waals surface area (Å²) >= 11 is 0. The standard InChI is InChI=1S/C11H16/c1-6-10(7-2)11(8-3)9(4)5/h6-8H,1,3H2,2,4-5H3/b10-7+. The lowest BCUT2D eigenvalue weighted by atomic mass is 10.0. The predicted molar refractivity (Wildman–Crippen MR) is 52.5 cm³/mol. The molecule has 0 fully saturated rings. The lowest BCUT2D eigenvalue weighted by molar-refractivity contribution is 1.31. The van der Waals surface area contributed by atoms with Crippen LogP contribution in [0, 0.1) is 0 Å². The molecule has 0 aromatic rings. The molecule has 0 heteroatoms. The molecular formula is C11H16. The van der Waals surface area contributed by atoms with E-state index in [1.165, 1.54) is 11.1 Å². The number of rotatable bonds is 3. The van der Waals surface area contributed by atoms with E-state index in [4.69, 9.17) is 0 Å². The highest BCUT2D eigenvalue weighted by atomic mass is 14.0. The van der Waals surface area contributed by atoms with Gasteiger partial charge in [0.25, 0.3) is 0 Å². The van der Waals surface area contributed by atoms with Crippen LogP contribution in [-0.2, 0) is 0 Å². The lowest BCUT2D eigenvalue weighted by Gasteiger charge is -2.04. The van der Waals surface area contributed by atoms with Gasteiger partial charge in [0.1, 0.15) is 0 Å². The molecular weight excluding hydrogens is 132 g/mol. The molecule has 0 unspecified atom stereocenters. The molecule has 0 heterocycles. The molecule has 60 valence electrons. The van der Waals surface area contributed by atoms with E-state index in [2.05, 4.69) is 27.0 Å². The normalized spacial score (nSPS) is 10.6. The molecule has 0 nitrogen and oxygen atoms in total. The fraction of sp³-hybridized carbons (Fsp3) is 0.273. The summed E-state index contributed by atoms with van der Waals surface area (Å²) in [7, 11) is 0. The summed E-state index contributed by atoms with van der Waals surface area (Å²) in [5, 5.41) is 0. The van der Waals surface area contributed by atoms with Crippen molar-refractivity contribution >= 4 is 0 Å². The van der Waals surface area contributed by atoms with Gasteiger partial charge in [-0.1, -0.05) is 37.0 Å². The van der Waals surface area contributed by atoms with E-state index in [-0.39, 0.29) is 0 Å². The molecule has 0 aliphatic heterocycles. The summed E-state index contributed by atoms with van der Waals surface area (Å²) in [5.74, 6) is 0. The number of hydrogen-bond donors (Lipinski definition) is 0. The molecule has 0 saturated heterocycles. The van der Waals surface area contributed by atoms with Gasteiger partial charge in [-0.05, 0) is 31.9 Å². The number of hydrogen-bond acceptors (Lipinski definition) is 0. The summed E-state index contributed by atoms with van der Waals surface area (Å²) < 4.78 is 0. The fourth-order valence-electron chi connectivity index (χ4n) is 0.994. The Kier molecular flexibility index (Phi) is 4.28. The molecule has 0 amide bonds. The van der Waals surface area contributed by atoms with Gasteiger partial charge < -0.3 is 0 Å². The third-order valence-corrected chi connectivity index (χ3v) is 1.58. The smallest absolute Gasteiger partial charge is 0.0207 e. The molecule has 0 aromatic carbocycles. The Bertz CT molecular complexity index is 210. The van der Waals surface area contributed by atoms with Crippen molar-refractivity contribution in [2.24, 2.45) is 0 Å². The van der Waals surface area contributed by atoms with Crippen molar-refractivity contribution in [1.82, 2.24) is 0 Å². The maximum atomic E-state index is 3.75. The topological polar surface area (TPSA) is 0 Å². The van der Waals surface area contributed by atoms with Gasteiger partial charge in [-0.2, -0.15) is 0 Å². The van der Waals surface area contributed by atoms with Crippen LogP contribution in [0.3, 0.4) is 0 Å². The van der Waals surface area contributed by atoms with Gasteiger partial charge in [0.05, 0.1) is 0 Å². The van der Waals surface area contributed by atoms with E-state index in [0.29, 0.717) is 0 Å². The highest BCUT2D eigenvalue weighted by molar-refractivity contribution is 5.46. The van der Waals surface area contributed by atoms with Crippen molar-refractivity contribution in [3.63, 3.8) is 0 Å². The molecule has 11 heavy (non-hydrogen) atoms. The average Bonchev–Trinajstić information content (AvgIpc) is 1.99. The van der Waals surface area contributed by atoms with Gasteiger partial charge >= 0.3 is 0 Å². The SMILES string of the molecule is C=CC(=C(C)C)/C(C=C)=C/C. The van der Waals surface area contributed by atoms with Crippen LogP contribution in [0.1, 0.15) is 20.8 Å². The Hall–Kier alpha value is -1.04. The van der Waals surface area contributed by atoms with E-state index < -0.39 is 0 Å². The molecule has 0 atom stereocenters. The van der Waals surface area contributed by atoms with Crippen LogP contribution >= 0.6 is 0 Å². The maximum absolute atomic E-state index is 3.75. The highest BCUT2D eigenvalue weighted by Crippen LogP contribution is 2.16. The van der Waals surface area contributed by atoms with Crippen molar-refractivity contribution in [1.29, 1.82) is 0 Å². The fourth-order valence-corrected chi connectivity index (χ4v) is 0.994. The van der Waals surface area contributed by atoms with Crippen LogP contribution in [0.15, 0.2) is 48.1 Å². The highest BCUT2D eigenvalue weighted by Gasteiger charge is 1.96. The maximum Gasteiger partial charge on any atom is -0.0207 e. The molecule has 0 bridgehead atoms. The quantitative estimate of drug-likeness (QED) is 0.536. The third-order valence-electron chi connectivity index (χ3n) is 1.58. The first-order chi connectivity index (χ1) is 5.17. The van der Waals surface area contributed by atoms with Crippen LogP contribution in [0.4, 0.5) is 0 Å². The van der Waals surface area contributed by atoms with Crippen molar-refractivity contribution in [2.75, 3.05) is 0 Å². The first-order valence-corrected chi connectivity index (χ1v) is 3.76. The molecule has 0 saturated carbocycles. The Balaban J connectivity index is 4.94. The van der Waals surface area contributed by atoms with Crippen molar-refractivity contribution < 1.29 is 0 Å². The molecule has 0 N–H and O–H groups in total. The van der Waals surface area contributed by atoms with Crippen molar-refractivity contribution in [3.05, 3.63) is 48.1 Å². The van der Waals surface area contributed by atoms with E-state index >= 15 is 0 Å². The summed E-state index contributed by atoms with van der Waals surface area (Å²) in [6.07, 6.45) is 5.76. The zero-order chi connectivity index (χ0) is 8.85. The van der Waals surface area contributed by atoms with Gasteiger partial charge in [-0.25, -0.2) is 0 Å². The zero-order valence-corrected chi connectivity index (χ0v) is 7.65. The Labute approximate surface area is 69.6 Å². The van der Waals surface area contributed by atoms with Crippen LogP contribution in [0.2, 0.25) is 0 Å². The average molecular weight is 148 g/mol. The molecule has 0 radical (unpaired) electrons. The van der Waals surface area contributed by atoms with Gasteiger partial charge in [-0.15, -0.1) is 0 Å². The number of allylic oxidation sites excluding steroid dienone is 6. The molecule has 0 aliphatic carbocycles. The second-order valence-corrected chi connectivity index (χ2v) is 2.57. The lowest BCUT2D eigenvalue weighted by Crippen LogP contribution is -1.84. The minimum Gasteiger partial charge on any atom is -0.0985 e. The van der Waals surface area contributed by atoms with Gasteiger partial charge in [0.15, 0.2) is 0 Å². The minimum atomic E-state index is 1.15. The molecule has 0 rings (SSSR count). The van der Waals surface area contributed by atoms with Crippen LogP contribution in [0.25, 0.3) is 0 Å². The monoisotopic (exact) mass is 148 g/mol. The van der Waals surface area contributed by atoms with E-state index in [9.17, 15) is 0 Å². The van der Waals surface area contributed by atoms with Crippen LogP contribution < -0.4 is 0 Å². The third kappa shape index (κ3) is 2.58. The first kappa shape index (κ1) is 9.96. The van der Waals surface area contributed by atoms with E-state index in [0.717, 1.165) is 5.57 Å². The van der Waals surface area contributed by atoms with Gasteiger partial charge in [0, 0.05) is 0 Å². The molecule has 0 spiro atoms. The summed E-state index contributed by atoms with van der Waals surface area (Å²) in [4.78, 5) is 0. The van der Waals surface area contributed by atoms with Gasteiger partial charge in [0.2, 0.25) is 0 Å². The predicted octanol–water partition coefficient (Wildman–Crippen LogP) is 3.64. The van der Waals surface area contributed by atoms with Crippen LogP contribution in [-0.4, -0.2) is 0 Å². The van der Waals surface area contributed by atoms with Crippen LogP contribution in [0.5, 0.6) is 0 Å². The first-order valence-electron chi connectivity index (χ1n) is 3.76. The summed E-state index contributed by atoms with van der Waals surface area (Å²) in [6, 6.07) is 0. The molecule has 0 aromatic heterocycles. The Morgan fingerprint density at radius 2 is 1.64 bits per heavy atom. The summed E-state index contributed by atoms with van der Waals surface area (Å²) in [6.45, 7) is 13.6. The van der Waals surface area contributed by atoms with Crippen molar-refractivity contribution in [2.45, 2.75) is 20.8 Å². The Morgan fingerprint density at radius 3 is 1.73 bits per heavy atom. The second-order valence-electron chi connectivity index (χ2n) is 2.57. The van der Waals surface area contributed by atoms with Crippen molar-refractivity contribution in [3.8, 4) is 0 Å². The Morgan fingerprint density at radius 1 is 1.09 bits per heavy atom. The summed E-state index contributed by atoms with van der Waals surface area (Å²) in [5.41, 5.74) is 3.61. The largest absolute Gasteiger partial charge is 0.0985 e. The molecule has 0 aliphatic rings.